The Labute approximate surface area is 159 Å². The smallest absolute Gasteiger partial charge is 0.342 e. The van der Waals surface area contributed by atoms with Gasteiger partial charge in [-0.2, -0.15) is 0 Å². The number of amides is 1. The van der Waals surface area contributed by atoms with Gasteiger partial charge in [0.15, 0.2) is 11.7 Å². The lowest BCUT2D eigenvalue weighted by atomic mass is 10.2. The first-order chi connectivity index (χ1) is 13.1. The molecule has 7 nitrogen and oxygen atoms in total. The number of nitrogens with zero attached hydrogens (tertiary/aromatic N) is 1. The van der Waals surface area contributed by atoms with Crippen LogP contribution in [0.15, 0.2) is 53.9 Å². The number of esters is 1. The highest BCUT2D eigenvalue weighted by molar-refractivity contribution is 7.14. The first-order valence-corrected chi connectivity index (χ1v) is 8.79. The van der Waals surface area contributed by atoms with E-state index in [0.717, 1.165) is 11.3 Å². The zero-order chi connectivity index (χ0) is 19.2. The van der Waals surface area contributed by atoms with E-state index >= 15 is 0 Å². The number of benzene rings is 2. The molecule has 0 bridgehead atoms. The number of rotatable bonds is 6. The number of phenols is 1. The van der Waals surface area contributed by atoms with Crippen LogP contribution in [0.25, 0.3) is 11.3 Å². The van der Waals surface area contributed by atoms with Crippen molar-refractivity contribution < 1.29 is 24.2 Å². The Balaban J connectivity index is 1.56. The van der Waals surface area contributed by atoms with Gasteiger partial charge in [0.1, 0.15) is 17.1 Å². The zero-order valence-electron chi connectivity index (χ0n) is 14.3. The van der Waals surface area contributed by atoms with Gasteiger partial charge >= 0.3 is 5.97 Å². The number of phenolic OH excluding ortho intramolecular Hbond substituents is 1. The van der Waals surface area contributed by atoms with Gasteiger partial charge in [0, 0.05) is 10.9 Å². The molecule has 8 heteroatoms. The molecule has 0 saturated heterocycles. The van der Waals surface area contributed by atoms with Crippen LogP contribution in [0, 0.1) is 0 Å². The third kappa shape index (κ3) is 4.62. The van der Waals surface area contributed by atoms with Gasteiger partial charge in [-0.05, 0) is 36.4 Å². The van der Waals surface area contributed by atoms with Crippen LogP contribution in [0.4, 0.5) is 5.13 Å². The summed E-state index contributed by atoms with van der Waals surface area (Å²) in [6.07, 6.45) is 0. The van der Waals surface area contributed by atoms with Crippen molar-refractivity contribution in [2.24, 2.45) is 0 Å². The summed E-state index contributed by atoms with van der Waals surface area (Å²) in [6.45, 7) is -0.482. The summed E-state index contributed by atoms with van der Waals surface area (Å²) in [5, 5.41) is 14.4. The average Bonchev–Trinajstić information content (AvgIpc) is 3.15. The van der Waals surface area contributed by atoms with Crippen LogP contribution in [0.3, 0.4) is 0 Å². The summed E-state index contributed by atoms with van der Waals surface area (Å²) in [5.74, 6) is -0.753. The van der Waals surface area contributed by atoms with Crippen LogP contribution in [-0.4, -0.2) is 35.7 Å². The van der Waals surface area contributed by atoms with E-state index in [9.17, 15) is 14.7 Å². The molecule has 138 valence electrons. The summed E-state index contributed by atoms with van der Waals surface area (Å²) in [7, 11) is 1.59. The summed E-state index contributed by atoms with van der Waals surface area (Å²) in [5.41, 5.74) is 1.60. The average molecular weight is 384 g/mol. The van der Waals surface area contributed by atoms with Gasteiger partial charge in [0.2, 0.25) is 0 Å². The molecule has 0 aliphatic rings. The molecule has 2 N–H and O–H groups in total. The Morgan fingerprint density at radius 2 is 1.89 bits per heavy atom. The second kappa shape index (κ2) is 8.33. The molecule has 0 radical (unpaired) electrons. The monoisotopic (exact) mass is 384 g/mol. The highest BCUT2D eigenvalue weighted by Gasteiger charge is 2.14. The minimum Gasteiger partial charge on any atom is -0.507 e. The Morgan fingerprint density at radius 3 is 2.59 bits per heavy atom. The molecule has 0 unspecified atom stereocenters. The second-order valence-corrected chi connectivity index (χ2v) is 6.27. The summed E-state index contributed by atoms with van der Waals surface area (Å²) >= 11 is 1.26. The number of nitrogens with one attached hydrogen (secondary N) is 1. The van der Waals surface area contributed by atoms with Crippen molar-refractivity contribution in [2.75, 3.05) is 19.0 Å². The van der Waals surface area contributed by atoms with Crippen molar-refractivity contribution >= 4 is 28.3 Å². The Hall–Kier alpha value is -3.39. The van der Waals surface area contributed by atoms with Crippen LogP contribution < -0.4 is 10.1 Å². The maximum atomic E-state index is 12.0. The Bertz CT molecular complexity index is 953. The number of hydrogen-bond acceptors (Lipinski definition) is 7. The summed E-state index contributed by atoms with van der Waals surface area (Å²) < 4.78 is 10.0. The molecule has 0 aliphatic carbocycles. The van der Waals surface area contributed by atoms with E-state index in [1.807, 2.05) is 29.6 Å². The topological polar surface area (TPSA) is 97.8 Å². The number of methoxy groups -OCH3 is 1. The van der Waals surface area contributed by atoms with Crippen molar-refractivity contribution in [3.8, 4) is 22.8 Å². The fourth-order valence-electron chi connectivity index (χ4n) is 2.24. The van der Waals surface area contributed by atoms with E-state index in [4.69, 9.17) is 9.47 Å². The molecule has 0 fully saturated rings. The number of anilines is 1. The molecule has 0 atom stereocenters. The van der Waals surface area contributed by atoms with E-state index < -0.39 is 18.5 Å². The number of para-hydroxylation sites is 1. The molecule has 0 saturated carbocycles. The Kier molecular flexibility index (Phi) is 5.68. The van der Waals surface area contributed by atoms with Crippen LogP contribution >= 0.6 is 11.3 Å². The quantitative estimate of drug-likeness (QED) is 0.633. The van der Waals surface area contributed by atoms with E-state index in [2.05, 4.69) is 10.3 Å². The zero-order valence-corrected chi connectivity index (χ0v) is 15.2. The number of thiazole rings is 1. The number of carbonyl (C=O) groups is 2. The van der Waals surface area contributed by atoms with Crippen LogP contribution in [0.1, 0.15) is 10.4 Å². The standard InChI is InChI=1S/C19H16N2O5S/c1-25-13-8-6-12(7-9-13)15-11-27-19(20-15)21-17(23)10-26-18(24)14-4-2-3-5-16(14)22/h2-9,11,22H,10H2,1H3,(H,20,21,23). The van der Waals surface area contributed by atoms with E-state index in [1.165, 1.54) is 23.5 Å². The van der Waals surface area contributed by atoms with E-state index in [0.29, 0.717) is 10.8 Å². The van der Waals surface area contributed by atoms with Crippen molar-refractivity contribution in [3.63, 3.8) is 0 Å². The highest BCUT2D eigenvalue weighted by atomic mass is 32.1. The lowest BCUT2D eigenvalue weighted by molar-refractivity contribution is -0.119. The number of ether oxygens (including phenoxy) is 2. The molecule has 1 amide bonds. The number of carbonyl (C=O) groups excluding carboxylic acids is 2. The fourth-order valence-corrected chi connectivity index (χ4v) is 2.97. The van der Waals surface area contributed by atoms with E-state index in [-0.39, 0.29) is 11.3 Å². The maximum absolute atomic E-state index is 12.0. The predicted octanol–water partition coefficient (Wildman–Crippen LogP) is 3.32. The van der Waals surface area contributed by atoms with Gasteiger partial charge in [-0.1, -0.05) is 12.1 Å². The maximum Gasteiger partial charge on any atom is 0.342 e. The normalized spacial score (nSPS) is 10.3. The van der Waals surface area contributed by atoms with Gasteiger partial charge in [-0.25, -0.2) is 9.78 Å². The molecular formula is C19H16N2O5S. The molecule has 1 heterocycles. The lowest BCUT2D eigenvalue weighted by Gasteiger charge is -2.06. The largest absolute Gasteiger partial charge is 0.507 e. The number of aromatic hydroxyl groups is 1. The lowest BCUT2D eigenvalue weighted by Crippen LogP contribution is -2.20. The van der Waals surface area contributed by atoms with Crippen LogP contribution in [0.5, 0.6) is 11.5 Å². The molecule has 0 spiro atoms. The van der Waals surface area contributed by atoms with E-state index in [1.54, 1.807) is 19.2 Å². The summed E-state index contributed by atoms with van der Waals surface area (Å²) in [4.78, 5) is 28.2. The minimum atomic E-state index is -0.777. The van der Waals surface area contributed by atoms with Crippen molar-refractivity contribution in [3.05, 3.63) is 59.5 Å². The number of aromatic nitrogens is 1. The second-order valence-electron chi connectivity index (χ2n) is 5.41. The first-order valence-electron chi connectivity index (χ1n) is 7.92. The van der Waals surface area contributed by atoms with Crippen LogP contribution in [0.2, 0.25) is 0 Å². The van der Waals surface area contributed by atoms with Crippen molar-refractivity contribution in [1.82, 2.24) is 4.98 Å². The van der Waals surface area contributed by atoms with Gasteiger partial charge in [-0.3, -0.25) is 10.1 Å². The van der Waals surface area contributed by atoms with Crippen molar-refractivity contribution in [1.29, 1.82) is 0 Å². The molecule has 3 rings (SSSR count). The fraction of sp³-hybridized carbons (Fsp3) is 0.105. The van der Waals surface area contributed by atoms with Crippen LogP contribution in [-0.2, 0) is 9.53 Å². The van der Waals surface area contributed by atoms with Gasteiger partial charge in [0.05, 0.1) is 12.8 Å². The SMILES string of the molecule is COc1ccc(-c2csc(NC(=O)COC(=O)c3ccccc3O)n2)cc1. The van der Waals surface area contributed by atoms with Gasteiger partial charge < -0.3 is 14.6 Å². The predicted molar refractivity (Wildman–Crippen MR) is 101 cm³/mol. The molecular weight excluding hydrogens is 368 g/mol. The minimum absolute atomic E-state index is 0.00124. The Morgan fingerprint density at radius 1 is 1.15 bits per heavy atom. The molecule has 0 aliphatic heterocycles. The van der Waals surface area contributed by atoms with Crippen molar-refractivity contribution in [2.45, 2.75) is 0 Å². The molecule has 1 aromatic heterocycles. The molecule has 27 heavy (non-hydrogen) atoms. The molecule has 2 aromatic carbocycles. The van der Waals surface area contributed by atoms with Gasteiger partial charge in [-0.15, -0.1) is 11.3 Å². The highest BCUT2D eigenvalue weighted by Crippen LogP contribution is 2.26. The number of hydrogen-bond donors (Lipinski definition) is 2. The summed E-state index contributed by atoms with van der Waals surface area (Å²) in [6, 6.07) is 13.3. The third-order valence-corrected chi connectivity index (χ3v) is 4.35. The van der Waals surface area contributed by atoms with Gasteiger partial charge in [0.25, 0.3) is 5.91 Å². The molecule has 3 aromatic rings. The third-order valence-electron chi connectivity index (χ3n) is 3.59. The first kappa shape index (κ1) is 18.4.